The van der Waals surface area contributed by atoms with Crippen LogP contribution in [0.3, 0.4) is 0 Å². The van der Waals surface area contributed by atoms with E-state index in [0.717, 1.165) is 42.1 Å². The maximum Gasteiger partial charge on any atom is 0.410 e. The first-order valence-electron chi connectivity index (χ1n) is 13.7. The summed E-state index contributed by atoms with van der Waals surface area (Å²) in [5, 5.41) is 13.3. The number of aliphatic hydroxyl groups excluding tert-OH is 1. The number of aryl methyl sites for hydroxylation is 2. The minimum atomic E-state index is -0.569. The van der Waals surface area contributed by atoms with Gasteiger partial charge in [0.05, 0.1) is 31.1 Å². The lowest BCUT2D eigenvalue weighted by molar-refractivity contribution is 0.0223. The van der Waals surface area contributed by atoms with Gasteiger partial charge in [0, 0.05) is 30.8 Å². The first-order chi connectivity index (χ1) is 18.5. The van der Waals surface area contributed by atoms with E-state index in [1.165, 1.54) is 16.7 Å². The molecule has 2 aliphatic rings. The maximum absolute atomic E-state index is 12.9. The number of carbonyl (C=O) groups excluding carboxylic acids is 1. The Bertz CT molecular complexity index is 1350. The highest BCUT2D eigenvalue weighted by molar-refractivity contribution is 5.70. The average molecular weight is 534 g/mol. The van der Waals surface area contributed by atoms with Gasteiger partial charge in [0.1, 0.15) is 17.7 Å². The van der Waals surface area contributed by atoms with Gasteiger partial charge in [-0.05, 0) is 83.2 Å². The summed E-state index contributed by atoms with van der Waals surface area (Å²) in [5.41, 5.74) is 6.06. The predicted molar refractivity (Wildman–Crippen MR) is 151 cm³/mol. The highest BCUT2D eigenvalue weighted by atomic mass is 16.6. The molecule has 2 N–H and O–H groups in total. The summed E-state index contributed by atoms with van der Waals surface area (Å²) >= 11 is 0. The number of fused-ring (bicyclic) bond motifs is 1. The molecule has 0 spiro atoms. The number of amides is 1. The molecular formula is C29H39N7O3. The molecule has 1 amide bonds. The van der Waals surface area contributed by atoms with Gasteiger partial charge in [-0.15, -0.1) is 0 Å². The number of carbonyl (C=O) groups is 1. The van der Waals surface area contributed by atoms with Crippen molar-refractivity contribution in [2.75, 3.05) is 29.9 Å². The molecule has 1 aromatic carbocycles. The molecule has 0 saturated carbocycles. The minimum absolute atomic E-state index is 0.0130. The number of ether oxygens (including phenoxy) is 1. The molecule has 208 valence electrons. The second kappa shape index (κ2) is 10.5. The smallest absolute Gasteiger partial charge is 0.410 e. The molecule has 2 aromatic heterocycles. The Morgan fingerprint density at radius 2 is 1.90 bits per heavy atom. The summed E-state index contributed by atoms with van der Waals surface area (Å²) < 4.78 is 7.62. The van der Waals surface area contributed by atoms with E-state index in [1.54, 1.807) is 11.2 Å². The van der Waals surface area contributed by atoms with E-state index in [2.05, 4.69) is 48.1 Å². The lowest BCUT2D eigenvalue weighted by Gasteiger charge is -2.34. The Hall–Kier alpha value is -3.66. The van der Waals surface area contributed by atoms with E-state index < -0.39 is 5.60 Å². The summed E-state index contributed by atoms with van der Waals surface area (Å²) in [7, 11) is 0. The predicted octanol–water partition coefficient (Wildman–Crippen LogP) is 4.59. The molecule has 1 fully saturated rings. The third-order valence-corrected chi connectivity index (χ3v) is 7.58. The molecule has 10 heteroatoms. The number of nitrogens with zero attached hydrogens (tertiary/aromatic N) is 6. The van der Waals surface area contributed by atoms with Crippen molar-refractivity contribution in [1.29, 1.82) is 0 Å². The van der Waals surface area contributed by atoms with Crippen molar-refractivity contribution in [3.63, 3.8) is 0 Å². The number of hydrogen-bond donors (Lipinski definition) is 2. The number of aromatic nitrogens is 4. The van der Waals surface area contributed by atoms with E-state index in [4.69, 9.17) is 14.7 Å². The van der Waals surface area contributed by atoms with Gasteiger partial charge in [-0.3, -0.25) is 0 Å². The molecule has 1 atom stereocenters. The standard InChI is InChI=1S/C29H39N7O3/c1-18-12-22(13-19(2)20(18)3)35-15-25(30-17-35)32-27-31-24-9-11-34(28(38)39-29(4,5)6)14-23(24)26(33-27)36-10-7-8-21(36)16-37/h12-13,15,17,21,37H,7-11,14,16H2,1-6H3,(H,31,32,33)/t21-/m0/s1. The summed E-state index contributed by atoms with van der Waals surface area (Å²) in [6, 6.07) is 4.29. The van der Waals surface area contributed by atoms with Crippen LogP contribution in [0, 0.1) is 20.8 Å². The van der Waals surface area contributed by atoms with Crippen molar-refractivity contribution in [3.05, 3.63) is 52.6 Å². The molecule has 0 aliphatic carbocycles. The van der Waals surface area contributed by atoms with Crippen molar-refractivity contribution in [1.82, 2.24) is 24.4 Å². The topological polar surface area (TPSA) is 109 Å². The van der Waals surface area contributed by atoms with Crippen LogP contribution < -0.4 is 10.2 Å². The van der Waals surface area contributed by atoms with Gasteiger partial charge in [0.25, 0.3) is 0 Å². The van der Waals surface area contributed by atoms with Crippen LogP contribution in [0.2, 0.25) is 0 Å². The van der Waals surface area contributed by atoms with Crippen LogP contribution in [-0.4, -0.2) is 67.0 Å². The third-order valence-electron chi connectivity index (χ3n) is 7.58. The first-order valence-corrected chi connectivity index (χ1v) is 13.7. The minimum Gasteiger partial charge on any atom is -0.444 e. The number of imidazole rings is 1. The summed E-state index contributed by atoms with van der Waals surface area (Å²) in [6.07, 6.45) is 5.84. The van der Waals surface area contributed by atoms with Crippen molar-refractivity contribution in [2.45, 2.75) is 79.0 Å². The highest BCUT2D eigenvalue weighted by Crippen LogP contribution is 2.33. The van der Waals surface area contributed by atoms with Crippen LogP contribution in [-0.2, 0) is 17.7 Å². The highest BCUT2D eigenvalue weighted by Gasteiger charge is 2.33. The van der Waals surface area contributed by atoms with Crippen molar-refractivity contribution >= 4 is 23.7 Å². The monoisotopic (exact) mass is 533 g/mol. The van der Waals surface area contributed by atoms with Crippen molar-refractivity contribution in [2.24, 2.45) is 0 Å². The molecule has 4 heterocycles. The number of rotatable bonds is 5. The quantitative estimate of drug-likeness (QED) is 0.490. The second-order valence-electron chi connectivity index (χ2n) is 11.6. The summed E-state index contributed by atoms with van der Waals surface area (Å²) in [4.78, 5) is 31.0. The zero-order valence-corrected chi connectivity index (χ0v) is 23.8. The van der Waals surface area contributed by atoms with Crippen LogP contribution in [0.5, 0.6) is 0 Å². The third kappa shape index (κ3) is 5.71. The average Bonchev–Trinajstić information content (AvgIpc) is 3.55. The SMILES string of the molecule is Cc1cc(-n2cnc(Nc3nc4c(c(N5CCC[C@H]5CO)n3)CN(C(=O)OC(C)(C)C)CC4)c2)cc(C)c1C. The molecule has 0 bridgehead atoms. The van der Waals surface area contributed by atoms with Gasteiger partial charge in [0.2, 0.25) is 5.95 Å². The van der Waals surface area contributed by atoms with E-state index in [-0.39, 0.29) is 18.7 Å². The number of anilines is 3. The molecule has 10 nitrogen and oxygen atoms in total. The van der Waals surface area contributed by atoms with Crippen LogP contribution in [0.25, 0.3) is 5.69 Å². The molecule has 5 rings (SSSR count). The zero-order valence-electron chi connectivity index (χ0n) is 23.8. The number of nitrogens with one attached hydrogen (secondary N) is 1. The van der Waals surface area contributed by atoms with Crippen LogP contribution in [0.1, 0.15) is 61.6 Å². The second-order valence-corrected chi connectivity index (χ2v) is 11.6. The van der Waals surface area contributed by atoms with Gasteiger partial charge >= 0.3 is 6.09 Å². The van der Waals surface area contributed by atoms with Crippen LogP contribution >= 0.6 is 0 Å². The molecule has 0 unspecified atom stereocenters. The summed E-state index contributed by atoms with van der Waals surface area (Å²) in [5.74, 6) is 1.86. The Labute approximate surface area is 230 Å². The Balaban J connectivity index is 1.45. The van der Waals surface area contributed by atoms with E-state index >= 15 is 0 Å². The Kier molecular flexibility index (Phi) is 7.24. The van der Waals surface area contributed by atoms with Crippen molar-refractivity contribution in [3.8, 4) is 5.69 Å². The zero-order chi connectivity index (χ0) is 27.9. The molecule has 0 radical (unpaired) electrons. The Morgan fingerprint density at radius 3 is 2.59 bits per heavy atom. The first kappa shape index (κ1) is 26.9. The van der Waals surface area contributed by atoms with Crippen LogP contribution in [0.4, 0.5) is 22.4 Å². The van der Waals surface area contributed by atoms with Gasteiger partial charge in [-0.25, -0.2) is 14.8 Å². The normalized spacial score (nSPS) is 17.4. The van der Waals surface area contributed by atoms with E-state index in [9.17, 15) is 9.90 Å². The maximum atomic E-state index is 12.9. The molecule has 39 heavy (non-hydrogen) atoms. The lowest BCUT2D eigenvalue weighted by atomic mass is 10.0. The van der Waals surface area contributed by atoms with Gasteiger partial charge in [0.15, 0.2) is 5.82 Å². The van der Waals surface area contributed by atoms with E-state index in [1.807, 2.05) is 31.5 Å². The summed E-state index contributed by atoms with van der Waals surface area (Å²) in [6.45, 7) is 13.7. The fourth-order valence-corrected chi connectivity index (χ4v) is 5.28. The van der Waals surface area contributed by atoms with Crippen molar-refractivity contribution < 1.29 is 14.6 Å². The lowest BCUT2D eigenvalue weighted by Crippen LogP contribution is -2.42. The molecule has 1 saturated heterocycles. The number of aliphatic hydroxyl groups is 1. The molecule has 3 aromatic rings. The van der Waals surface area contributed by atoms with E-state index in [0.29, 0.717) is 31.3 Å². The number of benzene rings is 1. The van der Waals surface area contributed by atoms with Gasteiger partial charge in [-0.2, -0.15) is 4.98 Å². The number of hydrogen-bond acceptors (Lipinski definition) is 8. The fourth-order valence-electron chi connectivity index (χ4n) is 5.28. The van der Waals surface area contributed by atoms with Gasteiger partial charge < -0.3 is 29.5 Å². The fraction of sp³-hybridized carbons (Fsp3) is 0.517. The molecular weight excluding hydrogens is 494 g/mol. The van der Waals surface area contributed by atoms with Crippen LogP contribution in [0.15, 0.2) is 24.7 Å². The largest absolute Gasteiger partial charge is 0.444 e. The van der Waals surface area contributed by atoms with Gasteiger partial charge in [-0.1, -0.05) is 0 Å². The Morgan fingerprint density at radius 1 is 1.15 bits per heavy atom. The molecule has 2 aliphatic heterocycles.